The van der Waals surface area contributed by atoms with E-state index >= 15 is 0 Å². The Morgan fingerprint density at radius 2 is 2.08 bits per heavy atom. The molecule has 1 aliphatic rings. The SMILES string of the molecule is NC(=O)CCCCNCCC1CC1. The van der Waals surface area contributed by atoms with Crippen LogP contribution in [-0.2, 0) is 4.79 Å². The van der Waals surface area contributed by atoms with Gasteiger partial charge in [-0.1, -0.05) is 12.8 Å². The Balaban J connectivity index is 1.70. The number of nitrogens with one attached hydrogen (secondary N) is 1. The highest BCUT2D eigenvalue weighted by atomic mass is 16.1. The molecule has 1 amide bonds. The zero-order valence-corrected chi connectivity index (χ0v) is 8.22. The molecule has 76 valence electrons. The quantitative estimate of drug-likeness (QED) is 0.554. The number of amides is 1. The average Bonchev–Trinajstić information content (AvgIpc) is 2.86. The van der Waals surface area contributed by atoms with Crippen LogP contribution in [-0.4, -0.2) is 19.0 Å². The summed E-state index contributed by atoms with van der Waals surface area (Å²) in [5.41, 5.74) is 5.02. The van der Waals surface area contributed by atoms with Crippen molar-refractivity contribution in [2.45, 2.75) is 38.5 Å². The fourth-order valence-electron chi connectivity index (χ4n) is 1.39. The van der Waals surface area contributed by atoms with Gasteiger partial charge in [0.25, 0.3) is 0 Å². The van der Waals surface area contributed by atoms with Gasteiger partial charge in [0.2, 0.25) is 5.91 Å². The number of nitrogens with two attached hydrogens (primary N) is 1. The highest BCUT2D eigenvalue weighted by molar-refractivity contribution is 5.73. The summed E-state index contributed by atoms with van der Waals surface area (Å²) in [6.07, 6.45) is 6.71. The smallest absolute Gasteiger partial charge is 0.217 e. The van der Waals surface area contributed by atoms with E-state index < -0.39 is 0 Å². The van der Waals surface area contributed by atoms with Crippen LogP contribution in [0.1, 0.15) is 38.5 Å². The molecule has 0 heterocycles. The highest BCUT2D eigenvalue weighted by Crippen LogP contribution is 2.31. The molecule has 0 aliphatic heterocycles. The maximum Gasteiger partial charge on any atom is 0.217 e. The van der Waals surface area contributed by atoms with Gasteiger partial charge in [0, 0.05) is 6.42 Å². The molecule has 1 fully saturated rings. The van der Waals surface area contributed by atoms with Crippen LogP contribution in [0.3, 0.4) is 0 Å². The summed E-state index contributed by atoms with van der Waals surface area (Å²) < 4.78 is 0. The maximum absolute atomic E-state index is 10.4. The average molecular weight is 184 g/mol. The van der Waals surface area contributed by atoms with Gasteiger partial charge in [-0.25, -0.2) is 0 Å². The number of carbonyl (C=O) groups excluding carboxylic acids is 1. The van der Waals surface area contributed by atoms with Crippen molar-refractivity contribution in [2.75, 3.05) is 13.1 Å². The predicted molar refractivity (Wildman–Crippen MR) is 53.3 cm³/mol. The number of rotatable bonds is 8. The molecule has 3 heteroatoms. The molecule has 0 aromatic rings. The normalized spacial score (nSPS) is 16.0. The largest absolute Gasteiger partial charge is 0.370 e. The zero-order valence-electron chi connectivity index (χ0n) is 8.22. The minimum Gasteiger partial charge on any atom is -0.370 e. The molecule has 0 aromatic heterocycles. The summed E-state index contributed by atoms with van der Waals surface area (Å²) in [4.78, 5) is 10.4. The maximum atomic E-state index is 10.4. The Hall–Kier alpha value is -0.570. The van der Waals surface area contributed by atoms with Gasteiger partial charge in [0.15, 0.2) is 0 Å². The summed E-state index contributed by atoms with van der Waals surface area (Å²) in [6, 6.07) is 0. The molecule has 3 N–H and O–H groups in total. The fourth-order valence-corrected chi connectivity index (χ4v) is 1.39. The Kier molecular flexibility index (Phi) is 4.83. The van der Waals surface area contributed by atoms with Crippen LogP contribution in [0.2, 0.25) is 0 Å². The van der Waals surface area contributed by atoms with Crippen LogP contribution in [0.5, 0.6) is 0 Å². The second-order valence-electron chi connectivity index (χ2n) is 3.91. The van der Waals surface area contributed by atoms with Crippen molar-refractivity contribution in [2.24, 2.45) is 11.7 Å². The first-order chi connectivity index (χ1) is 6.29. The van der Waals surface area contributed by atoms with Gasteiger partial charge in [0.05, 0.1) is 0 Å². The first kappa shape index (κ1) is 10.5. The number of hydrogen-bond donors (Lipinski definition) is 2. The molecule has 0 bridgehead atoms. The molecule has 1 rings (SSSR count). The van der Waals surface area contributed by atoms with E-state index in [1.165, 1.54) is 19.3 Å². The third kappa shape index (κ3) is 6.58. The van der Waals surface area contributed by atoms with Crippen molar-refractivity contribution in [3.8, 4) is 0 Å². The topological polar surface area (TPSA) is 55.1 Å². The van der Waals surface area contributed by atoms with Crippen molar-refractivity contribution in [1.29, 1.82) is 0 Å². The van der Waals surface area contributed by atoms with Gasteiger partial charge < -0.3 is 11.1 Å². The van der Waals surface area contributed by atoms with Gasteiger partial charge in [-0.05, 0) is 38.3 Å². The standard InChI is InChI=1S/C10H20N2O/c11-10(13)3-1-2-7-12-8-6-9-4-5-9/h9,12H,1-8H2,(H2,11,13). The van der Waals surface area contributed by atoms with Crippen molar-refractivity contribution in [1.82, 2.24) is 5.32 Å². The molecule has 13 heavy (non-hydrogen) atoms. The lowest BCUT2D eigenvalue weighted by Gasteiger charge is -2.02. The zero-order chi connectivity index (χ0) is 9.52. The molecule has 0 aromatic carbocycles. The van der Waals surface area contributed by atoms with Crippen molar-refractivity contribution >= 4 is 5.91 Å². The van der Waals surface area contributed by atoms with Crippen LogP contribution >= 0.6 is 0 Å². The van der Waals surface area contributed by atoms with Crippen molar-refractivity contribution in [3.05, 3.63) is 0 Å². The Morgan fingerprint density at radius 1 is 1.31 bits per heavy atom. The lowest BCUT2D eigenvalue weighted by Crippen LogP contribution is -2.18. The van der Waals surface area contributed by atoms with Gasteiger partial charge in [-0.2, -0.15) is 0 Å². The second-order valence-corrected chi connectivity index (χ2v) is 3.91. The van der Waals surface area contributed by atoms with Gasteiger partial charge >= 0.3 is 0 Å². The van der Waals surface area contributed by atoms with E-state index in [1.807, 2.05) is 0 Å². The number of carbonyl (C=O) groups is 1. The summed E-state index contributed by atoms with van der Waals surface area (Å²) in [6.45, 7) is 2.17. The van der Waals surface area contributed by atoms with E-state index in [9.17, 15) is 4.79 Å². The lowest BCUT2D eigenvalue weighted by atomic mass is 10.2. The van der Waals surface area contributed by atoms with Gasteiger partial charge in [0.1, 0.15) is 0 Å². The van der Waals surface area contributed by atoms with Crippen LogP contribution < -0.4 is 11.1 Å². The third-order valence-corrected chi connectivity index (χ3v) is 2.45. The molecule has 0 unspecified atom stereocenters. The molecular weight excluding hydrogens is 164 g/mol. The third-order valence-electron chi connectivity index (χ3n) is 2.45. The minimum absolute atomic E-state index is 0.182. The minimum atomic E-state index is -0.182. The molecule has 0 radical (unpaired) electrons. The van der Waals surface area contributed by atoms with E-state index in [0.717, 1.165) is 31.8 Å². The first-order valence-corrected chi connectivity index (χ1v) is 5.28. The number of unbranched alkanes of at least 4 members (excludes halogenated alkanes) is 1. The van der Waals surface area contributed by atoms with E-state index in [1.54, 1.807) is 0 Å². The Labute approximate surface area is 80.1 Å². The summed E-state index contributed by atoms with van der Waals surface area (Å²) in [5.74, 6) is 0.830. The molecule has 1 aliphatic carbocycles. The fraction of sp³-hybridized carbons (Fsp3) is 0.900. The van der Waals surface area contributed by atoms with E-state index in [0.29, 0.717) is 6.42 Å². The van der Waals surface area contributed by atoms with E-state index in [4.69, 9.17) is 5.73 Å². The molecule has 0 saturated heterocycles. The van der Waals surface area contributed by atoms with Crippen LogP contribution in [0, 0.1) is 5.92 Å². The predicted octanol–water partition coefficient (Wildman–Crippen LogP) is 1.03. The van der Waals surface area contributed by atoms with Crippen molar-refractivity contribution < 1.29 is 4.79 Å². The number of hydrogen-bond acceptors (Lipinski definition) is 2. The molecule has 0 spiro atoms. The van der Waals surface area contributed by atoms with E-state index in [-0.39, 0.29) is 5.91 Å². The van der Waals surface area contributed by atoms with Crippen molar-refractivity contribution in [3.63, 3.8) is 0 Å². The second kappa shape index (κ2) is 5.97. The summed E-state index contributed by atoms with van der Waals surface area (Å²) in [7, 11) is 0. The molecule has 3 nitrogen and oxygen atoms in total. The summed E-state index contributed by atoms with van der Waals surface area (Å²) in [5, 5.41) is 3.38. The molecular formula is C10H20N2O. The first-order valence-electron chi connectivity index (χ1n) is 5.28. The monoisotopic (exact) mass is 184 g/mol. The Morgan fingerprint density at radius 3 is 2.69 bits per heavy atom. The van der Waals surface area contributed by atoms with Gasteiger partial charge in [-0.3, -0.25) is 4.79 Å². The Bertz CT molecular complexity index is 155. The summed E-state index contributed by atoms with van der Waals surface area (Å²) >= 11 is 0. The van der Waals surface area contributed by atoms with E-state index in [2.05, 4.69) is 5.32 Å². The number of primary amides is 1. The van der Waals surface area contributed by atoms with Crippen LogP contribution in [0.25, 0.3) is 0 Å². The lowest BCUT2D eigenvalue weighted by molar-refractivity contribution is -0.118. The van der Waals surface area contributed by atoms with Crippen LogP contribution in [0.15, 0.2) is 0 Å². The molecule has 0 atom stereocenters. The van der Waals surface area contributed by atoms with Gasteiger partial charge in [-0.15, -0.1) is 0 Å². The molecule has 1 saturated carbocycles. The van der Waals surface area contributed by atoms with Crippen LogP contribution in [0.4, 0.5) is 0 Å². The highest BCUT2D eigenvalue weighted by Gasteiger charge is 2.19.